The minimum Gasteiger partial charge on any atom is -0.456 e. The topological polar surface area (TPSA) is 46.6 Å². The molecule has 2 atom stereocenters. The van der Waals surface area contributed by atoms with Gasteiger partial charge in [-0.05, 0) is 55.2 Å². The predicted molar refractivity (Wildman–Crippen MR) is 114 cm³/mol. The fourth-order valence-electron chi connectivity index (χ4n) is 4.04. The van der Waals surface area contributed by atoms with Crippen molar-refractivity contribution in [2.24, 2.45) is 0 Å². The second kappa shape index (κ2) is 8.08. The second-order valence-corrected chi connectivity index (χ2v) is 7.67. The van der Waals surface area contributed by atoms with Crippen LogP contribution in [0.4, 0.5) is 0 Å². The Labute approximate surface area is 171 Å². The van der Waals surface area contributed by atoms with Gasteiger partial charge < -0.3 is 9.64 Å². The monoisotopic (exact) mass is 387 g/mol. The van der Waals surface area contributed by atoms with Gasteiger partial charge >= 0.3 is 5.97 Å². The number of carbonyl (C=O) groups is 2. The van der Waals surface area contributed by atoms with E-state index in [1.54, 1.807) is 4.90 Å². The summed E-state index contributed by atoms with van der Waals surface area (Å²) < 4.78 is 5.83. The largest absolute Gasteiger partial charge is 0.456 e. The van der Waals surface area contributed by atoms with Gasteiger partial charge in [0.2, 0.25) is 0 Å². The Kier molecular flexibility index (Phi) is 5.34. The van der Waals surface area contributed by atoms with Gasteiger partial charge in [0, 0.05) is 12.1 Å². The number of carbonyl (C=O) groups excluding carboxylic acids is 2. The Hall–Kier alpha value is -3.14. The molecular weight excluding hydrogens is 362 g/mol. The lowest BCUT2D eigenvalue weighted by Gasteiger charge is -2.25. The molecule has 1 amide bonds. The highest BCUT2D eigenvalue weighted by molar-refractivity contribution is 5.97. The van der Waals surface area contributed by atoms with Crippen LogP contribution in [0.3, 0.4) is 0 Å². The van der Waals surface area contributed by atoms with E-state index in [0.29, 0.717) is 18.5 Å². The van der Waals surface area contributed by atoms with E-state index in [9.17, 15) is 9.59 Å². The Morgan fingerprint density at radius 3 is 2.52 bits per heavy atom. The highest BCUT2D eigenvalue weighted by Gasteiger charge is 2.36. The van der Waals surface area contributed by atoms with Gasteiger partial charge in [0.15, 0.2) is 0 Å². The molecule has 0 bridgehead atoms. The Balaban J connectivity index is 1.51. The number of ether oxygens (including phenoxy) is 1. The SMILES string of the molecule is Cc1ccc(C(=O)N2CCC[C@@H]2C(=O)OC(C)c2cccc3ccccc23)cc1. The number of hydrogen-bond donors (Lipinski definition) is 0. The number of rotatable bonds is 4. The lowest BCUT2D eigenvalue weighted by Crippen LogP contribution is -2.41. The molecule has 1 fully saturated rings. The number of benzene rings is 3. The molecule has 0 radical (unpaired) electrons. The lowest BCUT2D eigenvalue weighted by molar-refractivity contribution is -0.153. The van der Waals surface area contributed by atoms with E-state index < -0.39 is 6.04 Å². The third kappa shape index (κ3) is 3.88. The normalized spacial score (nSPS) is 17.3. The summed E-state index contributed by atoms with van der Waals surface area (Å²) in [6, 6.07) is 21.0. The molecule has 4 nitrogen and oxygen atoms in total. The third-order valence-electron chi connectivity index (χ3n) is 5.64. The number of esters is 1. The molecule has 1 heterocycles. The van der Waals surface area contributed by atoms with Gasteiger partial charge in [0.05, 0.1) is 0 Å². The first-order chi connectivity index (χ1) is 14.0. The summed E-state index contributed by atoms with van der Waals surface area (Å²) in [6.45, 7) is 4.45. The van der Waals surface area contributed by atoms with Crippen LogP contribution in [0.1, 0.15) is 47.4 Å². The molecular formula is C25H25NO3. The molecule has 0 aliphatic carbocycles. The summed E-state index contributed by atoms with van der Waals surface area (Å²) in [7, 11) is 0. The van der Waals surface area contributed by atoms with Crippen LogP contribution < -0.4 is 0 Å². The fraction of sp³-hybridized carbons (Fsp3) is 0.280. The summed E-state index contributed by atoms with van der Waals surface area (Å²) in [5.41, 5.74) is 2.69. The van der Waals surface area contributed by atoms with Gasteiger partial charge in [-0.1, -0.05) is 60.2 Å². The zero-order valence-corrected chi connectivity index (χ0v) is 16.8. The molecule has 148 valence electrons. The zero-order chi connectivity index (χ0) is 20.4. The molecule has 3 aromatic rings. The van der Waals surface area contributed by atoms with Crippen LogP contribution in [0.5, 0.6) is 0 Å². The van der Waals surface area contributed by atoms with Crippen LogP contribution in [0.25, 0.3) is 10.8 Å². The van der Waals surface area contributed by atoms with E-state index in [2.05, 4.69) is 0 Å². The fourth-order valence-corrected chi connectivity index (χ4v) is 4.04. The van der Waals surface area contributed by atoms with E-state index in [1.165, 1.54) is 0 Å². The molecule has 1 aliphatic heterocycles. The quantitative estimate of drug-likeness (QED) is 0.588. The molecule has 4 rings (SSSR count). The maximum atomic E-state index is 12.9. The Morgan fingerprint density at radius 2 is 1.72 bits per heavy atom. The maximum absolute atomic E-state index is 12.9. The third-order valence-corrected chi connectivity index (χ3v) is 5.64. The predicted octanol–water partition coefficient (Wildman–Crippen LogP) is 5.06. The molecule has 3 aromatic carbocycles. The van der Waals surface area contributed by atoms with Crippen molar-refractivity contribution < 1.29 is 14.3 Å². The number of aryl methyl sites for hydroxylation is 1. The van der Waals surface area contributed by atoms with Gasteiger partial charge in [-0.15, -0.1) is 0 Å². The maximum Gasteiger partial charge on any atom is 0.329 e. The molecule has 1 aliphatic rings. The summed E-state index contributed by atoms with van der Waals surface area (Å²) in [4.78, 5) is 27.5. The molecule has 4 heteroatoms. The smallest absolute Gasteiger partial charge is 0.329 e. The summed E-state index contributed by atoms with van der Waals surface area (Å²) >= 11 is 0. The molecule has 0 aromatic heterocycles. The van der Waals surface area contributed by atoms with E-state index in [0.717, 1.165) is 28.3 Å². The first-order valence-corrected chi connectivity index (χ1v) is 10.1. The standard InChI is InChI=1S/C25H25NO3/c1-17-12-14-20(15-13-17)24(27)26-16-6-11-23(26)25(28)29-18(2)21-10-5-8-19-7-3-4-9-22(19)21/h3-5,7-10,12-15,18,23H,6,11,16H2,1-2H3/t18?,23-/m1/s1. The average Bonchev–Trinajstić information content (AvgIpc) is 3.23. The van der Waals surface area contributed by atoms with Crippen LogP contribution >= 0.6 is 0 Å². The highest BCUT2D eigenvalue weighted by atomic mass is 16.5. The van der Waals surface area contributed by atoms with Crippen LogP contribution in [0.15, 0.2) is 66.7 Å². The number of fused-ring (bicyclic) bond motifs is 1. The van der Waals surface area contributed by atoms with Gasteiger partial charge in [-0.25, -0.2) is 4.79 Å². The Morgan fingerprint density at radius 1 is 1.00 bits per heavy atom. The van der Waals surface area contributed by atoms with Crippen molar-refractivity contribution in [1.29, 1.82) is 0 Å². The number of amides is 1. The number of likely N-dealkylation sites (tertiary alicyclic amines) is 1. The van der Waals surface area contributed by atoms with Crippen molar-refractivity contribution >= 4 is 22.6 Å². The van der Waals surface area contributed by atoms with Crippen molar-refractivity contribution in [3.8, 4) is 0 Å². The summed E-state index contributed by atoms with van der Waals surface area (Å²) in [5, 5.41) is 2.19. The van der Waals surface area contributed by atoms with Gasteiger partial charge in [0.1, 0.15) is 12.1 Å². The first kappa shape index (κ1) is 19.2. The van der Waals surface area contributed by atoms with Crippen LogP contribution in [-0.2, 0) is 9.53 Å². The second-order valence-electron chi connectivity index (χ2n) is 7.67. The van der Waals surface area contributed by atoms with Crippen molar-refractivity contribution in [2.75, 3.05) is 6.54 Å². The van der Waals surface area contributed by atoms with Gasteiger partial charge in [0.25, 0.3) is 5.91 Å². The number of hydrogen-bond acceptors (Lipinski definition) is 3. The van der Waals surface area contributed by atoms with Gasteiger partial charge in [-0.2, -0.15) is 0 Å². The average molecular weight is 387 g/mol. The minimum absolute atomic E-state index is 0.109. The summed E-state index contributed by atoms with van der Waals surface area (Å²) in [6.07, 6.45) is 1.06. The van der Waals surface area contributed by atoms with Crippen molar-refractivity contribution in [2.45, 2.75) is 38.8 Å². The first-order valence-electron chi connectivity index (χ1n) is 10.1. The molecule has 0 spiro atoms. The summed E-state index contributed by atoms with van der Waals surface area (Å²) in [5.74, 6) is -0.439. The van der Waals surface area contributed by atoms with E-state index >= 15 is 0 Å². The van der Waals surface area contributed by atoms with E-state index in [1.807, 2.05) is 80.6 Å². The molecule has 29 heavy (non-hydrogen) atoms. The van der Waals surface area contributed by atoms with E-state index in [-0.39, 0.29) is 18.0 Å². The van der Waals surface area contributed by atoms with Crippen LogP contribution in [0.2, 0.25) is 0 Å². The van der Waals surface area contributed by atoms with Crippen molar-refractivity contribution in [3.05, 3.63) is 83.4 Å². The highest BCUT2D eigenvalue weighted by Crippen LogP contribution is 2.29. The molecule has 0 N–H and O–H groups in total. The van der Waals surface area contributed by atoms with Gasteiger partial charge in [-0.3, -0.25) is 4.79 Å². The number of nitrogens with zero attached hydrogens (tertiary/aromatic N) is 1. The van der Waals surface area contributed by atoms with Crippen LogP contribution in [0, 0.1) is 6.92 Å². The molecule has 1 unspecified atom stereocenters. The minimum atomic E-state index is -0.527. The van der Waals surface area contributed by atoms with Crippen molar-refractivity contribution in [3.63, 3.8) is 0 Å². The molecule has 0 saturated carbocycles. The molecule has 1 saturated heterocycles. The zero-order valence-electron chi connectivity index (χ0n) is 16.8. The lowest BCUT2D eigenvalue weighted by atomic mass is 10.0. The Bertz CT molecular complexity index is 1040. The van der Waals surface area contributed by atoms with Crippen LogP contribution in [-0.4, -0.2) is 29.4 Å². The van der Waals surface area contributed by atoms with E-state index in [4.69, 9.17) is 4.74 Å². The van der Waals surface area contributed by atoms with Crippen molar-refractivity contribution in [1.82, 2.24) is 4.90 Å².